The standard InChI is InChI=1S/C17H24F2N4O3.ClH/c1-11-5-12(2)8-22(7-11)14-4-3-13(6-15(14)23(25)26)16(24)21-10-17(18,19)9-20;/h3-4,6,11-12H,5,7-10,20H2,1-2H3,(H,21,24);1H. The first-order valence-corrected chi connectivity index (χ1v) is 8.52. The van der Waals surface area contributed by atoms with Crippen LogP contribution in [0.1, 0.15) is 30.6 Å². The molecule has 2 unspecified atom stereocenters. The number of hydrogen-bond donors (Lipinski definition) is 2. The van der Waals surface area contributed by atoms with Crippen molar-refractivity contribution in [1.29, 1.82) is 0 Å². The lowest BCUT2D eigenvalue weighted by molar-refractivity contribution is -0.384. The number of anilines is 1. The molecular weight excluding hydrogens is 382 g/mol. The van der Waals surface area contributed by atoms with Crippen LogP contribution in [-0.2, 0) is 0 Å². The lowest BCUT2D eigenvalue weighted by atomic mass is 9.91. The Balaban J connectivity index is 0.00000364. The molecule has 10 heteroatoms. The molecule has 0 radical (unpaired) electrons. The predicted molar refractivity (Wildman–Crippen MR) is 102 cm³/mol. The van der Waals surface area contributed by atoms with E-state index in [1.807, 2.05) is 4.90 Å². The van der Waals surface area contributed by atoms with Gasteiger partial charge >= 0.3 is 0 Å². The first-order chi connectivity index (χ1) is 12.1. The molecule has 2 rings (SSSR count). The van der Waals surface area contributed by atoms with Gasteiger partial charge in [-0.25, -0.2) is 8.78 Å². The van der Waals surface area contributed by atoms with Gasteiger partial charge in [0.2, 0.25) is 0 Å². The normalized spacial score (nSPS) is 20.0. The van der Waals surface area contributed by atoms with Gasteiger partial charge in [-0.05, 0) is 30.4 Å². The van der Waals surface area contributed by atoms with Gasteiger partial charge in [0.25, 0.3) is 17.5 Å². The molecule has 7 nitrogen and oxygen atoms in total. The van der Waals surface area contributed by atoms with Crippen LogP contribution in [0, 0.1) is 22.0 Å². The summed E-state index contributed by atoms with van der Waals surface area (Å²) in [6, 6.07) is 4.07. The molecule has 3 N–H and O–H groups in total. The van der Waals surface area contributed by atoms with Crippen LogP contribution in [0.15, 0.2) is 18.2 Å². The number of carbonyl (C=O) groups is 1. The van der Waals surface area contributed by atoms with Gasteiger partial charge in [-0.15, -0.1) is 12.4 Å². The molecule has 1 fully saturated rings. The van der Waals surface area contributed by atoms with Gasteiger partial charge in [0.1, 0.15) is 5.69 Å². The first-order valence-electron chi connectivity index (χ1n) is 8.52. The summed E-state index contributed by atoms with van der Waals surface area (Å²) < 4.78 is 26.3. The summed E-state index contributed by atoms with van der Waals surface area (Å²) in [7, 11) is 0. The molecule has 0 saturated carbocycles. The second kappa shape index (κ2) is 9.27. The molecule has 1 aromatic carbocycles. The number of nitrogens with one attached hydrogen (secondary N) is 1. The smallest absolute Gasteiger partial charge is 0.293 e. The number of carbonyl (C=O) groups excluding carboxylic acids is 1. The highest BCUT2D eigenvalue weighted by molar-refractivity contribution is 5.95. The lowest BCUT2D eigenvalue weighted by Gasteiger charge is -2.36. The topological polar surface area (TPSA) is 102 Å². The highest BCUT2D eigenvalue weighted by atomic mass is 35.5. The fourth-order valence-corrected chi connectivity index (χ4v) is 3.32. The van der Waals surface area contributed by atoms with Crippen molar-refractivity contribution in [2.24, 2.45) is 17.6 Å². The van der Waals surface area contributed by atoms with E-state index < -0.39 is 29.8 Å². The number of hydrogen-bond acceptors (Lipinski definition) is 5. The van der Waals surface area contributed by atoms with E-state index >= 15 is 0 Å². The van der Waals surface area contributed by atoms with E-state index in [0.29, 0.717) is 30.6 Å². The summed E-state index contributed by atoms with van der Waals surface area (Å²) in [5, 5.41) is 13.5. The summed E-state index contributed by atoms with van der Waals surface area (Å²) in [4.78, 5) is 24.9. The Kier molecular flexibility index (Phi) is 7.91. The summed E-state index contributed by atoms with van der Waals surface area (Å²) in [5.41, 5.74) is 5.13. The van der Waals surface area contributed by atoms with Crippen molar-refractivity contribution in [3.63, 3.8) is 0 Å². The highest BCUT2D eigenvalue weighted by Crippen LogP contribution is 2.33. The zero-order chi connectivity index (χ0) is 19.5. The van der Waals surface area contributed by atoms with Crippen LogP contribution in [0.25, 0.3) is 0 Å². The van der Waals surface area contributed by atoms with Gasteiger partial charge in [0, 0.05) is 24.7 Å². The molecule has 1 saturated heterocycles. The van der Waals surface area contributed by atoms with Gasteiger partial charge in [-0.2, -0.15) is 0 Å². The quantitative estimate of drug-likeness (QED) is 0.558. The van der Waals surface area contributed by atoms with Crippen LogP contribution in [-0.4, -0.2) is 42.9 Å². The van der Waals surface area contributed by atoms with E-state index in [-0.39, 0.29) is 23.7 Å². The van der Waals surface area contributed by atoms with Gasteiger partial charge < -0.3 is 16.0 Å². The second-order valence-corrected chi connectivity index (χ2v) is 7.05. The van der Waals surface area contributed by atoms with Gasteiger partial charge in [-0.3, -0.25) is 14.9 Å². The molecule has 1 amide bonds. The molecular formula is C17H25ClF2N4O3. The minimum absolute atomic E-state index is 0. The Bertz CT molecular complexity index is 680. The molecule has 2 atom stereocenters. The maximum atomic E-state index is 13.2. The van der Waals surface area contributed by atoms with E-state index in [1.54, 1.807) is 0 Å². The minimum atomic E-state index is -3.22. The van der Waals surface area contributed by atoms with Crippen LogP contribution < -0.4 is 16.0 Å². The fourth-order valence-electron chi connectivity index (χ4n) is 3.32. The third-order valence-corrected chi connectivity index (χ3v) is 4.45. The van der Waals surface area contributed by atoms with E-state index in [1.165, 1.54) is 12.1 Å². The third kappa shape index (κ3) is 6.00. The molecule has 1 aliphatic heterocycles. The Morgan fingerprint density at radius 3 is 2.48 bits per heavy atom. The van der Waals surface area contributed by atoms with Crippen molar-refractivity contribution < 1.29 is 18.5 Å². The van der Waals surface area contributed by atoms with Crippen molar-refractivity contribution in [3.05, 3.63) is 33.9 Å². The Morgan fingerprint density at radius 2 is 1.96 bits per heavy atom. The summed E-state index contributed by atoms with van der Waals surface area (Å²) >= 11 is 0. The van der Waals surface area contributed by atoms with Crippen LogP contribution >= 0.6 is 12.4 Å². The zero-order valence-electron chi connectivity index (χ0n) is 15.3. The number of halogens is 3. The summed E-state index contributed by atoms with van der Waals surface area (Å²) in [6.07, 6.45) is 1.06. The number of benzene rings is 1. The lowest BCUT2D eigenvalue weighted by Crippen LogP contribution is -2.41. The monoisotopic (exact) mass is 406 g/mol. The van der Waals surface area contributed by atoms with E-state index in [4.69, 9.17) is 5.73 Å². The Labute approximate surface area is 162 Å². The summed E-state index contributed by atoms with van der Waals surface area (Å²) in [6.45, 7) is 3.76. The molecule has 0 aliphatic carbocycles. The van der Waals surface area contributed by atoms with E-state index in [2.05, 4.69) is 19.2 Å². The number of alkyl halides is 2. The molecule has 152 valence electrons. The summed E-state index contributed by atoms with van der Waals surface area (Å²) in [5.74, 6) is -3.21. The zero-order valence-corrected chi connectivity index (χ0v) is 16.1. The van der Waals surface area contributed by atoms with Crippen molar-refractivity contribution in [1.82, 2.24) is 5.32 Å². The molecule has 0 bridgehead atoms. The number of nitrogens with two attached hydrogens (primary N) is 1. The SMILES string of the molecule is CC1CC(C)CN(c2ccc(C(=O)NCC(F)(F)CN)cc2[N+](=O)[O-])C1.Cl. The molecule has 1 aliphatic rings. The highest BCUT2D eigenvalue weighted by Gasteiger charge is 2.30. The van der Waals surface area contributed by atoms with Crippen molar-refractivity contribution in [3.8, 4) is 0 Å². The third-order valence-electron chi connectivity index (χ3n) is 4.45. The van der Waals surface area contributed by atoms with Crippen molar-refractivity contribution >= 4 is 29.7 Å². The average Bonchev–Trinajstić information content (AvgIpc) is 2.58. The molecule has 27 heavy (non-hydrogen) atoms. The number of nitro benzene ring substituents is 1. The van der Waals surface area contributed by atoms with E-state index in [9.17, 15) is 23.7 Å². The molecule has 1 heterocycles. The number of amides is 1. The average molecular weight is 407 g/mol. The number of nitrogens with zero attached hydrogens (tertiary/aromatic N) is 2. The van der Waals surface area contributed by atoms with Crippen LogP contribution in [0.5, 0.6) is 0 Å². The minimum Gasteiger partial charge on any atom is -0.365 e. The van der Waals surface area contributed by atoms with E-state index in [0.717, 1.165) is 12.5 Å². The molecule has 0 aromatic heterocycles. The number of nitro groups is 1. The molecule has 1 aromatic rings. The largest absolute Gasteiger partial charge is 0.365 e. The fraction of sp³-hybridized carbons (Fsp3) is 0.588. The predicted octanol–water partition coefficient (Wildman–Crippen LogP) is 2.82. The first kappa shape index (κ1) is 23.0. The number of piperidine rings is 1. The van der Waals surface area contributed by atoms with Crippen LogP contribution in [0.3, 0.4) is 0 Å². The van der Waals surface area contributed by atoms with Gasteiger partial charge in [-0.1, -0.05) is 13.8 Å². The maximum absolute atomic E-state index is 13.2. The van der Waals surface area contributed by atoms with Crippen LogP contribution in [0.2, 0.25) is 0 Å². The second-order valence-electron chi connectivity index (χ2n) is 7.05. The van der Waals surface area contributed by atoms with Crippen molar-refractivity contribution in [2.75, 3.05) is 31.1 Å². The van der Waals surface area contributed by atoms with Crippen molar-refractivity contribution in [2.45, 2.75) is 26.2 Å². The Morgan fingerprint density at radius 1 is 1.37 bits per heavy atom. The number of rotatable bonds is 6. The molecule has 0 spiro atoms. The van der Waals surface area contributed by atoms with Gasteiger partial charge in [0.05, 0.1) is 18.0 Å². The Hall–Kier alpha value is -2.00. The van der Waals surface area contributed by atoms with Crippen LogP contribution in [0.4, 0.5) is 20.2 Å². The van der Waals surface area contributed by atoms with Gasteiger partial charge in [0.15, 0.2) is 0 Å². The maximum Gasteiger partial charge on any atom is 0.293 e.